The largest absolute Gasteiger partial charge is 0.352 e. The predicted octanol–water partition coefficient (Wildman–Crippen LogP) is 5.74. The number of nitrogens with one attached hydrogen (secondary N) is 1. The second-order valence-electron chi connectivity index (χ2n) is 10.4. The van der Waals surface area contributed by atoms with E-state index in [2.05, 4.69) is 21.2 Å². The molecule has 1 saturated carbocycles. The third-order valence-electron chi connectivity index (χ3n) is 7.57. The molecule has 1 N–H and O–H groups in total. The highest BCUT2D eigenvalue weighted by Crippen LogP contribution is 2.29. The minimum Gasteiger partial charge on any atom is -0.352 e. The first-order chi connectivity index (χ1) is 19.1. The fourth-order valence-electron chi connectivity index (χ4n) is 5.05. The number of rotatable bonds is 10. The van der Waals surface area contributed by atoms with Crippen LogP contribution in [-0.2, 0) is 26.2 Å². The highest BCUT2D eigenvalue weighted by molar-refractivity contribution is 9.10. The van der Waals surface area contributed by atoms with E-state index in [1.54, 1.807) is 37.3 Å². The highest BCUT2D eigenvalue weighted by Gasteiger charge is 2.34. The maximum absolute atomic E-state index is 14.1. The van der Waals surface area contributed by atoms with Crippen LogP contribution < -0.4 is 9.62 Å². The fourth-order valence-corrected chi connectivity index (χ4v) is 6.98. The molecule has 1 fully saturated rings. The predicted molar refractivity (Wildman–Crippen MR) is 161 cm³/mol. The summed E-state index contributed by atoms with van der Waals surface area (Å²) in [5.74, 6) is -0.700. The highest BCUT2D eigenvalue weighted by atomic mass is 79.9. The Bertz CT molecular complexity index is 1460. The second-order valence-corrected chi connectivity index (χ2v) is 13.1. The molecule has 3 aromatic carbocycles. The van der Waals surface area contributed by atoms with Gasteiger partial charge >= 0.3 is 0 Å². The number of nitrogens with zero attached hydrogens (tertiary/aromatic N) is 2. The molecule has 9 heteroatoms. The molecule has 0 spiro atoms. The van der Waals surface area contributed by atoms with E-state index in [1.165, 1.54) is 21.3 Å². The Morgan fingerprint density at radius 1 is 0.975 bits per heavy atom. The van der Waals surface area contributed by atoms with E-state index in [-0.39, 0.29) is 23.4 Å². The van der Waals surface area contributed by atoms with Crippen LogP contribution in [0.3, 0.4) is 0 Å². The van der Waals surface area contributed by atoms with Crippen molar-refractivity contribution in [1.82, 2.24) is 10.2 Å². The van der Waals surface area contributed by atoms with Crippen LogP contribution in [0.15, 0.2) is 82.2 Å². The Balaban J connectivity index is 1.71. The Morgan fingerprint density at radius 3 is 2.33 bits per heavy atom. The van der Waals surface area contributed by atoms with E-state index in [9.17, 15) is 18.0 Å². The lowest BCUT2D eigenvalue weighted by Crippen LogP contribution is -2.52. The Labute approximate surface area is 245 Å². The Morgan fingerprint density at radius 2 is 1.65 bits per heavy atom. The van der Waals surface area contributed by atoms with Gasteiger partial charge in [-0.25, -0.2) is 8.42 Å². The molecule has 0 saturated heterocycles. The van der Waals surface area contributed by atoms with Crippen LogP contribution >= 0.6 is 15.9 Å². The summed E-state index contributed by atoms with van der Waals surface area (Å²) in [4.78, 5) is 29.0. The standard InChI is InChI=1S/C31H36BrN3O4S/c1-22-11-9-18-29(23(22)2)35(40(38,39)28-16-5-4-6-17-28)21-30(36)34(20-25-12-10-13-26(32)19-25)24(3)31(37)33-27-14-7-8-15-27/h4-6,9-13,16-19,24,27H,7-8,14-15,20-21H2,1-3H3,(H,33,37). The number of benzene rings is 3. The number of carbonyl (C=O) groups is 2. The van der Waals surface area contributed by atoms with E-state index in [4.69, 9.17) is 0 Å². The van der Waals surface area contributed by atoms with Gasteiger partial charge in [0.15, 0.2) is 0 Å². The van der Waals surface area contributed by atoms with Crippen molar-refractivity contribution < 1.29 is 18.0 Å². The van der Waals surface area contributed by atoms with Gasteiger partial charge in [0.2, 0.25) is 11.8 Å². The number of anilines is 1. The second kappa shape index (κ2) is 13.0. The van der Waals surface area contributed by atoms with Crippen molar-refractivity contribution in [3.63, 3.8) is 0 Å². The molecule has 1 aliphatic rings. The molecule has 0 aliphatic heterocycles. The topological polar surface area (TPSA) is 86.8 Å². The summed E-state index contributed by atoms with van der Waals surface area (Å²) in [6.45, 7) is 5.16. The molecule has 3 aromatic rings. The number of hydrogen-bond donors (Lipinski definition) is 1. The molecule has 40 heavy (non-hydrogen) atoms. The molecule has 1 aliphatic carbocycles. The minimum atomic E-state index is -4.09. The maximum Gasteiger partial charge on any atom is 0.264 e. The monoisotopic (exact) mass is 625 g/mol. The van der Waals surface area contributed by atoms with Gasteiger partial charge in [-0.15, -0.1) is 0 Å². The average molecular weight is 627 g/mol. The number of aryl methyl sites for hydroxylation is 1. The molecule has 2 amide bonds. The first-order valence-electron chi connectivity index (χ1n) is 13.6. The van der Waals surface area contributed by atoms with Crippen LogP contribution in [0, 0.1) is 13.8 Å². The van der Waals surface area contributed by atoms with Crippen molar-refractivity contribution in [1.29, 1.82) is 0 Å². The van der Waals surface area contributed by atoms with Crippen LogP contribution in [-0.4, -0.2) is 43.8 Å². The first-order valence-corrected chi connectivity index (χ1v) is 15.8. The molecule has 1 atom stereocenters. The van der Waals surface area contributed by atoms with Gasteiger partial charge in [0.25, 0.3) is 10.0 Å². The summed E-state index contributed by atoms with van der Waals surface area (Å²) in [6, 6.07) is 20.3. The Hall–Kier alpha value is -3.17. The third-order valence-corrected chi connectivity index (χ3v) is 9.83. The lowest BCUT2D eigenvalue weighted by molar-refractivity contribution is -0.139. The molecule has 0 bridgehead atoms. The van der Waals surface area contributed by atoms with Crippen molar-refractivity contribution in [2.45, 2.75) is 70.0 Å². The van der Waals surface area contributed by atoms with E-state index in [0.717, 1.165) is 46.8 Å². The molecule has 0 radical (unpaired) electrons. The summed E-state index contributed by atoms with van der Waals surface area (Å²) < 4.78 is 29.9. The van der Waals surface area contributed by atoms with Crippen molar-refractivity contribution in [2.75, 3.05) is 10.8 Å². The summed E-state index contributed by atoms with van der Waals surface area (Å²) in [5.41, 5.74) is 2.93. The summed E-state index contributed by atoms with van der Waals surface area (Å²) in [6.07, 6.45) is 3.99. The van der Waals surface area contributed by atoms with Gasteiger partial charge < -0.3 is 10.2 Å². The zero-order valence-corrected chi connectivity index (χ0v) is 25.5. The molecule has 212 valence electrons. The van der Waals surface area contributed by atoms with Gasteiger partial charge in [-0.2, -0.15) is 0 Å². The number of hydrogen-bond acceptors (Lipinski definition) is 4. The molecule has 7 nitrogen and oxygen atoms in total. The number of halogens is 1. The molecule has 0 heterocycles. The van der Waals surface area contributed by atoms with Crippen LogP contribution in [0.5, 0.6) is 0 Å². The van der Waals surface area contributed by atoms with Gasteiger partial charge in [0.05, 0.1) is 10.6 Å². The van der Waals surface area contributed by atoms with E-state index in [0.29, 0.717) is 5.69 Å². The van der Waals surface area contributed by atoms with Crippen molar-refractivity contribution in [3.05, 3.63) is 94.0 Å². The SMILES string of the molecule is Cc1cccc(N(CC(=O)N(Cc2cccc(Br)c2)C(C)C(=O)NC2CCCC2)S(=O)(=O)c2ccccc2)c1C. The minimum absolute atomic E-state index is 0.0919. The number of sulfonamides is 1. The van der Waals surface area contributed by atoms with E-state index < -0.39 is 28.5 Å². The third kappa shape index (κ3) is 6.93. The first kappa shape index (κ1) is 29.8. The van der Waals surface area contributed by atoms with Crippen LogP contribution in [0.2, 0.25) is 0 Å². The van der Waals surface area contributed by atoms with Gasteiger partial charge in [-0.05, 0) is 80.6 Å². The summed E-state index contributed by atoms with van der Waals surface area (Å²) in [5, 5.41) is 3.09. The van der Waals surface area contributed by atoms with Crippen LogP contribution in [0.4, 0.5) is 5.69 Å². The van der Waals surface area contributed by atoms with E-state index >= 15 is 0 Å². The smallest absolute Gasteiger partial charge is 0.264 e. The van der Waals surface area contributed by atoms with Gasteiger partial charge in [0.1, 0.15) is 12.6 Å². The Kier molecular flexibility index (Phi) is 9.68. The van der Waals surface area contributed by atoms with Crippen LogP contribution in [0.1, 0.15) is 49.3 Å². The van der Waals surface area contributed by atoms with Crippen molar-refractivity contribution in [3.8, 4) is 0 Å². The molecule has 0 aromatic heterocycles. The zero-order chi connectivity index (χ0) is 28.9. The average Bonchev–Trinajstić information content (AvgIpc) is 3.45. The van der Waals surface area contributed by atoms with Crippen LogP contribution in [0.25, 0.3) is 0 Å². The summed E-state index contributed by atoms with van der Waals surface area (Å²) >= 11 is 3.48. The number of amides is 2. The zero-order valence-electron chi connectivity index (χ0n) is 23.1. The van der Waals surface area contributed by atoms with Crippen molar-refractivity contribution >= 4 is 43.5 Å². The lowest BCUT2D eigenvalue weighted by Gasteiger charge is -2.33. The van der Waals surface area contributed by atoms with E-state index in [1.807, 2.05) is 44.2 Å². The quantitative estimate of drug-likeness (QED) is 0.311. The van der Waals surface area contributed by atoms with Crippen molar-refractivity contribution in [2.24, 2.45) is 0 Å². The molecule has 1 unspecified atom stereocenters. The van der Waals surface area contributed by atoms with Gasteiger partial charge in [-0.1, -0.05) is 71.2 Å². The molecular formula is C31H36BrN3O4S. The molecular weight excluding hydrogens is 590 g/mol. The van der Waals surface area contributed by atoms with Gasteiger partial charge in [-0.3, -0.25) is 13.9 Å². The molecule has 4 rings (SSSR count). The summed E-state index contributed by atoms with van der Waals surface area (Å²) in [7, 11) is -4.09. The maximum atomic E-state index is 14.1. The normalized spacial score (nSPS) is 14.5. The fraction of sp³-hybridized carbons (Fsp3) is 0.355. The number of carbonyl (C=O) groups excluding carboxylic acids is 2. The van der Waals surface area contributed by atoms with Gasteiger partial charge in [0, 0.05) is 17.1 Å². The lowest BCUT2D eigenvalue weighted by atomic mass is 10.1.